The van der Waals surface area contributed by atoms with Gasteiger partial charge in [-0.1, -0.05) is 25.5 Å². The molecule has 2 N–H and O–H groups in total. The Kier molecular flexibility index (Phi) is 4.68. The zero-order chi connectivity index (χ0) is 12.8. The first-order valence-electron chi connectivity index (χ1n) is 5.64. The third-order valence-electron chi connectivity index (χ3n) is 2.63. The summed E-state index contributed by atoms with van der Waals surface area (Å²) in [5.41, 5.74) is 6.87. The molecule has 0 bridgehead atoms. The average molecular weight is 231 g/mol. The monoisotopic (exact) mass is 231 g/mol. The molecule has 90 valence electrons. The molecule has 0 aromatic heterocycles. The summed E-state index contributed by atoms with van der Waals surface area (Å²) in [4.78, 5) is 13.5. The highest BCUT2D eigenvalue weighted by atomic mass is 16.2. The van der Waals surface area contributed by atoms with Crippen molar-refractivity contribution >= 4 is 11.6 Å². The Balaban J connectivity index is 2.93. The molecule has 0 unspecified atom stereocenters. The van der Waals surface area contributed by atoms with Crippen LogP contribution in [0.4, 0.5) is 5.69 Å². The van der Waals surface area contributed by atoms with Gasteiger partial charge >= 0.3 is 0 Å². The number of benzene rings is 1. The van der Waals surface area contributed by atoms with Gasteiger partial charge in [0.2, 0.25) is 5.91 Å². The first-order chi connectivity index (χ1) is 8.11. The van der Waals surface area contributed by atoms with Gasteiger partial charge in [0.1, 0.15) is 6.07 Å². The molecule has 4 nitrogen and oxygen atoms in total. The molecule has 0 aliphatic heterocycles. The van der Waals surface area contributed by atoms with Crippen molar-refractivity contribution in [3.63, 3.8) is 0 Å². The second kappa shape index (κ2) is 6.02. The van der Waals surface area contributed by atoms with Gasteiger partial charge in [0.25, 0.3) is 0 Å². The van der Waals surface area contributed by atoms with E-state index in [9.17, 15) is 4.79 Å². The molecule has 1 atom stereocenters. The van der Waals surface area contributed by atoms with Gasteiger partial charge in [0.15, 0.2) is 0 Å². The minimum absolute atomic E-state index is 0.158. The molecule has 0 saturated heterocycles. The summed E-state index contributed by atoms with van der Waals surface area (Å²) in [6.07, 6.45) is 1.51. The number of nitrogens with two attached hydrogens (primary N) is 1. The summed E-state index contributed by atoms with van der Waals surface area (Å²) in [6.45, 7) is 1.98. The van der Waals surface area contributed by atoms with Gasteiger partial charge in [-0.25, -0.2) is 0 Å². The van der Waals surface area contributed by atoms with Crippen molar-refractivity contribution in [1.82, 2.24) is 0 Å². The molecule has 0 aliphatic carbocycles. The zero-order valence-corrected chi connectivity index (χ0v) is 10.2. The van der Waals surface area contributed by atoms with E-state index in [2.05, 4.69) is 6.07 Å². The largest absolute Gasteiger partial charge is 0.320 e. The van der Waals surface area contributed by atoms with E-state index in [0.29, 0.717) is 17.7 Å². The SMILES string of the molecule is CCC[C@@H](N)C(=O)N(C)c1ccccc1C#N. The van der Waals surface area contributed by atoms with Gasteiger partial charge in [0, 0.05) is 7.05 Å². The van der Waals surface area contributed by atoms with Gasteiger partial charge in [-0.15, -0.1) is 0 Å². The molecule has 4 heteroatoms. The maximum Gasteiger partial charge on any atom is 0.243 e. The molecule has 0 heterocycles. The Morgan fingerprint density at radius 2 is 2.18 bits per heavy atom. The molecule has 0 radical (unpaired) electrons. The lowest BCUT2D eigenvalue weighted by molar-refractivity contribution is -0.119. The number of likely N-dealkylation sites (N-methyl/N-ethyl adjacent to an activating group) is 1. The predicted octanol–water partition coefficient (Wildman–Crippen LogP) is 1.65. The molecular weight excluding hydrogens is 214 g/mol. The number of carbonyl (C=O) groups is 1. The number of carbonyl (C=O) groups excluding carboxylic acids is 1. The van der Waals surface area contributed by atoms with Crippen LogP contribution in [0.2, 0.25) is 0 Å². The fourth-order valence-corrected chi connectivity index (χ4v) is 1.66. The van der Waals surface area contributed by atoms with Gasteiger partial charge in [0.05, 0.1) is 17.3 Å². The van der Waals surface area contributed by atoms with Crippen LogP contribution in [0, 0.1) is 11.3 Å². The van der Waals surface area contributed by atoms with Crippen LogP contribution in [0.25, 0.3) is 0 Å². The number of rotatable bonds is 4. The minimum atomic E-state index is -0.503. The van der Waals surface area contributed by atoms with E-state index < -0.39 is 6.04 Å². The Hall–Kier alpha value is -1.86. The molecule has 1 rings (SSSR count). The van der Waals surface area contributed by atoms with Crippen molar-refractivity contribution in [1.29, 1.82) is 5.26 Å². The summed E-state index contributed by atoms with van der Waals surface area (Å²) >= 11 is 0. The number of hydrogen-bond donors (Lipinski definition) is 1. The number of hydrogen-bond acceptors (Lipinski definition) is 3. The van der Waals surface area contributed by atoms with Crippen LogP contribution in [-0.2, 0) is 4.79 Å². The van der Waals surface area contributed by atoms with Gasteiger partial charge in [-0.3, -0.25) is 4.79 Å². The molecule has 0 aliphatic rings. The highest BCUT2D eigenvalue weighted by Crippen LogP contribution is 2.19. The number of para-hydroxylation sites is 1. The predicted molar refractivity (Wildman–Crippen MR) is 67.5 cm³/mol. The van der Waals surface area contributed by atoms with Crippen molar-refractivity contribution in [2.45, 2.75) is 25.8 Å². The molecule has 1 aromatic carbocycles. The van der Waals surface area contributed by atoms with E-state index >= 15 is 0 Å². The summed E-state index contributed by atoms with van der Waals surface area (Å²) in [5.74, 6) is -0.158. The lowest BCUT2D eigenvalue weighted by atomic mass is 10.1. The zero-order valence-electron chi connectivity index (χ0n) is 10.2. The molecule has 0 saturated carbocycles. The van der Waals surface area contributed by atoms with Crippen LogP contribution < -0.4 is 10.6 Å². The van der Waals surface area contributed by atoms with Crippen LogP contribution in [0.1, 0.15) is 25.3 Å². The summed E-state index contributed by atoms with van der Waals surface area (Å²) in [5, 5.41) is 8.97. The van der Waals surface area contributed by atoms with Crippen LogP contribution in [0.5, 0.6) is 0 Å². The first kappa shape index (κ1) is 13.2. The van der Waals surface area contributed by atoms with Crippen LogP contribution >= 0.6 is 0 Å². The molecular formula is C13H17N3O. The number of anilines is 1. The number of amides is 1. The third-order valence-corrected chi connectivity index (χ3v) is 2.63. The fourth-order valence-electron chi connectivity index (χ4n) is 1.66. The van der Waals surface area contributed by atoms with Gasteiger partial charge < -0.3 is 10.6 Å². The molecule has 1 aromatic rings. The lowest BCUT2D eigenvalue weighted by Gasteiger charge is -2.22. The van der Waals surface area contributed by atoms with Gasteiger partial charge in [-0.2, -0.15) is 5.26 Å². The van der Waals surface area contributed by atoms with Crippen LogP contribution in [0.15, 0.2) is 24.3 Å². The van der Waals surface area contributed by atoms with E-state index in [1.54, 1.807) is 31.3 Å². The molecule has 0 fully saturated rings. The minimum Gasteiger partial charge on any atom is -0.320 e. The fraction of sp³-hybridized carbons (Fsp3) is 0.385. The maximum absolute atomic E-state index is 12.0. The van der Waals surface area contributed by atoms with Gasteiger partial charge in [-0.05, 0) is 18.6 Å². The second-order valence-corrected chi connectivity index (χ2v) is 3.92. The topological polar surface area (TPSA) is 70.1 Å². The van der Waals surface area contributed by atoms with E-state index in [4.69, 9.17) is 11.0 Å². The Bertz CT molecular complexity index is 437. The lowest BCUT2D eigenvalue weighted by Crippen LogP contribution is -2.42. The average Bonchev–Trinajstić information content (AvgIpc) is 2.37. The van der Waals surface area contributed by atoms with Crippen molar-refractivity contribution in [2.24, 2.45) is 5.73 Å². The van der Waals surface area contributed by atoms with E-state index in [1.807, 2.05) is 6.92 Å². The Morgan fingerprint density at radius 1 is 1.53 bits per heavy atom. The molecule has 1 amide bonds. The summed E-state index contributed by atoms with van der Waals surface area (Å²) in [7, 11) is 1.65. The normalized spacial score (nSPS) is 11.6. The second-order valence-electron chi connectivity index (χ2n) is 3.92. The quantitative estimate of drug-likeness (QED) is 0.856. The maximum atomic E-state index is 12.0. The third kappa shape index (κ3) is 3.05. The molecule has 17 heavy (non-hydrogen) atoms. The number of nitrogens with zero attached hydrogens (tertiary/aromatic N) is 2. The van der Waals surface area contributed by atoms with E-state index in [0.717, 1.165) is 6.42 Å². The van der Waals surface area contributed by atoms with E-state index in [-0.39, 0.29) is 5.91 Å². The summed E-state index contributed by atoms with van der Waals surface area (Å²) in [6, 6.07) is 8.56. The van der Waals surface area contributed by atoms with E-state index in [1.165, 1.54) is 4.90 Å². The molecule has 0 spiro atoms. The van der Waals surface area contributed by atoms with Crippen molar-refractivity contribution in [2.75, 3.05) is 11.9 Å². The van der Waals surface area contributed by atoms with Crippen LogP contribution in [-0.4, -0.2) is 19.0 Å². The van der Waals surface area contributed by atoms with Crippen molar-refractivity contribution in [3.8, 4) is 6.07 Å². The highest BCUT2D eigenvalue weighted by molar-refractivity contribution is 5.97. The Morgan fingerprint density at radius 3 is 2.76 bits per heavy atom. The smallest absolute Gasteiger partial charge is 0.243 e. The van der Waals surface area contributed by atoms with Crippen molar-refractivity contribution < 1.29 is 4.79 Å². The number of nitriles is 1. The first-order valence-corrected chi connectivity index (χ1v) is 5.64. The standard InChI is InChI=1S/C13H17N3O/c1-3-6-11(15)13(17)16(2)12-8-5-4-7-10(12)9-14/h4-5,7-8,11H,3,6,15H2,1-2H3/t11-/m1/s1. The van der Waals surface area contributed by atoms with Crippen LogP contribution in [0.3, 0.4) is 0 Å². The summed E-state index contributed by atoms with van der Waals surface area (Å²) < 4.78 is 0. The Labute approximate surface area is 102 Å². The highest BCUT2D eigenvalue weighted by Gasteiger charge is 2.19. The van der Waals surface area contributed by atoms with Crippen molar-refractivity contribution in [3.05, 3.63) is 29.8 Å².